The summed E-state index contributed by atoms with van der Waals surface area (Å²) in [6.07, 6.45) is 2.70. The molecule has 1 unspecified atom stereocenters. The summed E-state index contributed by atoms with van der Waals surface area (Å²) in [5.41, 5.74) is 0. The van der Waals surface area contributed by atoms with Crippen molar-refractivity contribution in [2.24, 2.45) is 5.92 Å². The zero-order valence-electron chi connectivity index (χ0n) is 15.1. The summed E-state index contributed by atoms with van der Waals surface area (Å²) >= 11 is 0. The second-order valence-electron chi connectivity index (χ2n) is 6.86. The molecule has 2 heterocycles. The number of amides is 1. The van der Waals surface area contributed by atoms with E-state index in [1.54, 1.807) is 0 Å². The van der Waals surface area contributed by atoms with Gasteiger partial charge in [0.25, 0.3) is 0 Å². The molecule has 1 fully saturated rings. The molecule has 25 heavy (non-hydrogen) atoms. The number of nitrogens with zero attached hydrogens (tertiary/aromatic N) is 1. The van der Waals surface area contributed by atoms with Gasteiger partial charge in [0.2, 0.25) is 5.91 Å². The Labute approximate surface area is 156 Å². The van der Waals surface area contributed by atoms with E-state index in [-0.39, 0.29) is 30.3 Å². The molecule has 5 nitrogen and oxygen atoms in total. The Bertz CT molecular complexity index is 569. The fourth-order valence-corrected chi connectivity index (χ4v) is 3.57. The molecule has 0 radical (unpaired) electrons. The van der Waals surface area contributed by atoms with Crippen LogP contribution >= 0.6 is 12.4 Å². The van der Waals surface area contributed by atoms with Crippen LogP contribution in [0.1, 0.15) is 33.1 Å². The predicted molar refractivity (Wildman–Crippen MR) is 101 cm³/mol. The number of carbonyl (C=O) groups excluding carboxylic acids is 1. The predicted octanol–water partition coefficient (Wildman–Crippen LogP) is 2.87. The van der Waals surface area contributed by atoms with E-state index in [1.807, 2.05) is 29.2 Å². The molecule has 1 amide bonds. The maximum Gasteiger partial charge on any atom is 0.225 e. The van der Waals surface area contributed by atoms with Gasteiger partial charge in [-0.1, -0.05) is 19.1 Å². The SMILES string of the molecule is CCCN(CC1COc2ccccc2O1)C(=O)[C@H]1CCN[C@@H](C)C1.Cl. The first-order valence-corrected chi connectivity index (χ1v) is 9.08. The van der Waals surface area contributed by atoms with Crippen LogP contribution in [-0.2, 0) is 4.79 Å². The van der Waals surface area contributed by atoms with Crippen LogP contribution in [-0.4, -0.2) is 49.2 Å². The molecular formula is C19H29ClN2O3. The molecule has 0 aliphatic carbocycles. The van der Waals surface area contributed by atoms with Crippen molar-refractivity contribution < 1.29 is 14.3 Å². The fraction of sp³-hybridized carbons (Fsp3) is 0.632. The van der Waals surface area contributed by atoms with E-state index in [1.165, 1.54) is 0 Å². The van der Waals surface area contributed by atoms with Gasteiger partial charge in [-0.25, -0.2) is 0 Å². The number of halogens is 1. The third-order valence-corrected chi connectivity index (χ3v) is 4.77. The Balaban J connectivity index is 0.00000225. The van der Waals surface area contributed by atoms with E-state index in [0.717, 1.165) is 43.9 Å². The van der Waals surface area contributed by atoms with E-state index in [0.29, 0.717) is 19.2 Å². The van der Waals surface area contributed by atoms with E-state index in [4.69, 9.17) is 9.47 Å². The molecule has 0 aromatic heterocycles. The van der Waals surface area contributed by atoms with Crippen LogP contribution in [0.5, 0.6) is 11.5 Å². The lowest BCUT2D eigenvalue weighted by Crippen LogP contribution is -2.48. The second kappa shape index (κ2) is 9.30. The molecule has 3 atom stereocenters. The van der Waals surface area contributed by atoms with Crippen LogP contribution in [0, 0.1) is 5.92 Å². The Morgan fingerprint density at radius 1 is 1.32 bits per heavy atom. The average molecular weight is 369 g/mol. The van der Waals surface area contributed by atoms with Crippen molar-refractivity contribution in [3.05, 3.63) is 24.3 Å². The van der Waals surface area contributed by atoms with Gasteiger partial charge >= 0.3 is 0 Å². The van der Waals surface area contributed by atoms with Crippen molar-refractivity contribution in [1.29, 1.82) is 0 Å². The van der Waals surface area contributed by atoms with Crippen molar-refractivity contribution in [2.75, 3.05) is 26.2 Å². The van der Waals surface area contributed by atoms with Gasteiger partial charge in [0.1, 0.15) is 6.61 Å². The Morgan fingerprint density at radius 3 is 2.80 bits per heavy atom. The van der Waals surface area contributed by atoms with Gasteiger partial charge in [-0.05, 0) is 44.9 Å². The van der Waals surface area contributed by atoms with Gasteiger partial charge in [-0.15, -0.1) is 12.4 Å². The maximum atomic E-state index is 13.0. The zero-order valence-corrected chi connectivity index (χ0v) is 15.9. The standard InChI is InChI=1S/C19H28N2O3.ClH/c1-3-10-21(19(22)15-8-9-20-14(2)11-15)12-16-13-23-17-6-4-5-7-18(17)24-16;/h4-7,14-16,20H,3,8-13H2,1-2H3;1H/t14-,15-,16?;/m0./s1. The quantitative estimate of drug-likeness (QED) is 0.868. The smallest absolute Gasteiger partial charge is 0.225 e. The fourth-order valence-electron chi connectivity index (χ4n) is 3.57. The molecule has 0 bridgehead atoms. The molecule has 140 valence electrons. The summed E-state index contributed by atoms with van der Waals surface area (Å²) in [6, 6.07) is 8.13. The van der Waals surface area contributed by atoms with Crippen LogP contribution in [0.15, 0.2) is 24.3 Å². The van der Waals surface area contributed by atoms with Gasteiger partial charge < -0.3 is 19.7 Å². The van der Waals surface area contributed by atoms with Crippen LogP contribution in [0.2, 0.25) is 0 Å². The molecular weight excluding hydrogens is 340 g/mol. The molecule has 6 heteroatoms. The number of ether oxygens (including phenoxy) is 2. The monoisotopic (exact) mass is 368 g/mol. The average Bonchev–Trinajstić information content (AvgIpc) is 2.60. The minimum absolute atomic E-state index is 0. The van der Waals surface area contributed by atoms with Crippen molar-refractivity contribution in [3.63, 3.8) is 0 Å². The Morgan fingerprint density at radius 2 is 2.08 bits per heavy atom. The molecule has 2 aliphatic heterocycles. The molecule has 1 saturated heterocycles. The van der Waals surface area contributed by atoms with E-state index in [2.05, 4.69) is 19.2 Å². The highest BCUT2D eigenvalue weighted by atomic mass is 35.5. The van der Waals surface area contributed by atoms with Crippen LogP contribution in [0.4, 0.5) is 0 Å². The molecule has 1 aromatic rings. The van der Waals surface area contributed by atoms with Gasteiger partial charge in [0.05, 0.1) is 6.54 Å². The Kier molecular flexibility index (Phi) is 7.38. The van der Waals surface area contributed by atoms with Crippen molar-refractivity contribution in [2.45, 2.75) is 45.3 Å². The first kappa shape index (κ1) is 19.9. The molecule has 0 spiro atoms. The lowest BCUT2D eigenvalue weighted by atomic mass is 9.92. The highest BCUT2D eigenvalue weighted by molar-refractivity contribution is 5.85. The summed E-state index contributed by atoms with van der Waals surface area (Å²) in [5.74, 6) is 1.96. The molecule has 3 rings (SSSR count). The lowest BCUT2D eigenvalue weighted by Gasteiger charge is -2.35. The van der Waals surface area contributed by atoms with Gasteiger partial charge in [0, 0.05) is 18.5 Å². The lowest BCUT2D eigenvalue weighted by molar-refractivity contribution is -0.138. The number of hydrogen-bond donors (Lipinski definition) is 1. The number of hydrogen-bond acceptors (Lipinski definition) is 4. The van der Waals surface area contributed by atoms with Crippen molar-refractivity contribution in [1.82, 2.24) is 10.2 Å². The molecule has 1 aromatic carbocycles. The van der Waals surface area contributed by atoms with Gasteiger partial charge in [-0.2, -0.15) is 0 Å². The number of benzene rings is 1. The number of fused-ring (bicyclic) bond motifs is 1. The highest BCUT2D eigenvalue weighted by Crippen LogP contribution is 2.31. The summed E-state index contributed by atoms with van der Waals surface area (Å²) in [6.45, 7) is 7.05. The van der Waals surface area contributed by atoms with E-state index in [9.17, 15) is 4.79 Å². The summed E-state index contributed by atoms with van der Waals surface area (Å²) in [4.78, 5) is 14.9. The maximum absolute atomic E-state index is 13.0. The number of carbonyl (C=O) groups is 1. The molecule has 0 saturated carbocycles. The molecule has 2 aliphatic rings. The Hall–Kier alpha value is -1.46. The number of rotatable bonds is 5. The van der Waals surface area contributed by atoms with Crippen molar-refractivity contribution >= 4 is 18.3 Å². The van der Waals surface area contributed by atoms with Crippen LogP contribution in [0.3, 0.4) is 0 Å². The molecule has 1 N–H and O–H groups in total. The first-order chi connectivity index (χ1) is 11.7. The van der Waals surface area contributed by atoms with E-state index >= 15 is 0 Å². The van der Waals surface area contributed by atoms with Crippen LogP contribution < -0.4 is 14.8 Å². The second-order valence-corrected chi connectivity index (χ2v) is 6.86. The zero-order chi connectivity index (χ0) is 16.9. The number of piperidine rings is 1. The topological polar surface area (TPSA) is 50.8 Å². The number of para-hydroxylation sites is 2. The van der Waals surface area contributed by atoms with Gasteiger partial charge in [0.15, 0.2) is 17.6 Å². The summed E-state index contributed by atoms with van der Waals surface area (Å²) in [7, 11) is 0. The summed E-state index contributed by atoms with van der Waals surface area (Å²) in [5, 5.41) is 3.41. The number of nitrogens with one attached hydrogen (secondary N) is 1. The van der Waals surface area contributed by atoms with Crippen molar-refractivity contribution in [3.8, 4) is 11.5 Å². The van der Waals surface area contributed by atoms with Gasteiger partial charge in [-0.3, -0.25) is 4.79 Å². The van der Waals surface area contributed by atoms with E-state index < -0.39 is 0 Å². The van der Waals surface area contributed by atoms with Crippen LogP contribution in [0.25, 0.3) is 0 Å². The minimum atomic E-state index is -0.102. The normalized spacial score (nSPS) is 25.0. The highest BCUT2D eigenvalue weighted by Gasteiger charge is 2.31. The summed E-state index contributed by atoms with van der Waals surface area (Å²) < 4.78 is 11.8. The largest absolute Gasteiger partial charge is 0.486 e. The minimum Gasteiger partial charge on any atom is -0.486 e. The third-order valence-electron chi connectivity index (χ3n) is 4.77. The third kappa shape index (κ3) is 5.02. The first-order valence-electron chi connectivity index (χ1n) is 9.08.